The van der Waals surface area contributed by atoms with Crippen LogP contribution < -0.4 is 0 Å². The van der Waals surface area contributed by atoms with Crippen molar-refractivity contribution in [1.29, 1.82) is 0 Å². The molecule has 0 bridgehead atoms. The Morgan fingerprint density at radius 2 is 1.81 bits per heavy atom. The lowest BCUT2D eigenvalue weighted by molar-refractivity contribution is -0.144. The molecule has 0 spiro atoms. The Labute approximate surface area is 98.0 Å². The number of carbonyl (C=O) groups excluding carboxylic acids is 2. The monoisotopic (exact) mass is 229 g/mol. The van der Waals surface area contributed by atoms with Crippen LogP contribution >= 0.6 is 0 Å². The van der Waals surface area contributed by atoms with Gasteiger partial charge in [-0.25, -0.2) is 0 Å². The van der Waals surface area contributed by atoms with Crippen molar-refractivity contribution >= 4 is 11.9 Å². The zero-order valence-electron chi connectivity index (χ0n) is 10.6. The van der Waals surface area contributed by atoms with E-state index in [1.165, 1.54) is 0 Å². The van der Waals surface area contributed by atoms with Crippen LogP contribution in [0.25, 0.3) is 0 Å². The van der Waals surface area contributed by atoms with E-state index in [-0.39, 0.29) is 11.9 Å². The molecule has 4 heteroatoms. The van der Waals surface area contributed by atoms with E-state index >= 15 is 0 Å². The molecule has 0 aromatic rings. The molecular weight excluding hydrogens is 206 g/mol. The molecule has 0 rings (SSSR count). The van der Waals surface area contributed by atoms with E-state index in [0.29, 0.717) is 26.0 Å². The van der Waals surface area contributed by atoms with Gasteiger partial charge in [0.2, 0.25) is 5.91 Å². The predicted octanol–water partition coefficient (Wildman–Crippen LogP) is 1.98. The summed E-state index contributed by atoms with van der Waals surface area (Å²) in [6.45, 7) is 7.32. The van der Waals surface area contributed by atoms with Crippen molar-refractivity contribution in [3.05, 3.63) is 0 Å². The number of unbranched alkanes of at least 4 members (excludes halogenated alkanes) is 1. The largest absolute Gasteiger partial charge is 0.466 e. The second kappa shape index (κ2) is 9.19. The van der Waals surface area contributed by atoms with Gasteiger partial charge in [0.25, 0.3) is 0 Å². The van der Waals surface area contributed by atoms with E-state index in [4.69, 9.17) is 4.74 Å². The van der Waals surface area contributed by atoms with E-state index in [2.05, 4.69) is 6.92 Å². The summed E-state index contributed by atoms with van der Waals surface area (Å²) in [6, 6.07) is 0. The summed E-state index contributed by atoms with van der Waals surface area (Å²) in [5, 5.41) is 0. The summed E-state index contributed by atoms with van der Waals surface area (Å²) in [7, 11) is 0. The molecule has 0 aliphatic rings. The Kier molecular flexibility index (Phi) is 8.58. The molecule has 16 heavy (non-hydrogen) atoms. The van der Waals surface area contributed by atoms with Gasteiger partial charge in [-0.05, 0) is 13.3 Å². The van der Waals surface area contributed by atoms with Gasteiger partial charge in [0.15, 0.2) is 0 Å². The van der Waals surface area contributed by atoms with Crippen LogP contribution in [0.1, 0.15) is 46.5 Å². The first-order valence-corrected chi connectivity index (χ1v) is 6.09. The van der Waals surface area contributed by atoms with E-state index in [1.807, 2.05) is 6.92 Å². The van der Waals surface area contributed by atoms with Gasteiger partial charge in [-0.15, -0.1) is 0 Å². The zero-order valence-corrected chi connectivity index (χ0v) is 10.6. The van der Waals surface area contributed by atoms with Crippen molar-refractivity contribution in [1.82, 2.24) is 4.90 Å². The van der Waals surface area contributed by atoms with Crippen LogP contribution in [-0.4, -0.2) is 36.5 Å². The predicted molar refractivity (Wildman–Crippen MR) is 63.0 cm³/mol. The number of rotatable bonds is 8. The Morgan fingerprint density at radius 1 is 1.12 bits per heavy atom. The Balaban J connectivity index is 4.00. The summed E-state index contributed by atoms with van der Waals surface area (Å²) in [5.74, 6) is -0.120. The Morgan fingerprint density at radius 3 is 2.31 bits per heavy atom. The van der Waals surface area contributed by atoms with Crippen LogP contribution in [0.5, 0.6) is 0 Å². The van der Waals surface area contributed by atoms with Gasteiger partial charge in [-0.2, -0.15) is 0 Å². The highest BCUT2D eigenvalue weighted by Crippen LogP contribution is 2.01. The van der Waals surface area contributed by atoms with Gasteiger partial charge >= 0.3 is 5.97 Å². The fourth-order valence-electron chi connectivity index (χ4n) is 1.39. The van der Waals surface area contributed by atoms with Crippen LogP contribution in [0.2, 0.25) is 0 Å². The fourth-order valence-corrected chi connectivity index (χ4v) is 1.39. The molecule has 4 nitrogen and oxygen atoms in total. The van der Waals surface area contributed by atoms with E-state index in [9.17, 15) is 9.59 Å². The number of hydrogen-bond acceptors (Lipinski definition) is 3. The number of nitrogens with zero attached hydrogens (tertiary/aromatic N) is 1. The second-order valence-corrected chi connectivity index (χ2v) is 3.64. The smallest absolute Gasteiger partial charge is 0.307 e. The molecular formula is C12H23NO3. The number of hydrogen-bond donors (Lipinski definition) is 0. The third-order valence-corrected chi connectivity index (χ3v) is 2.33. The van der Waals surface area contributed by atoms with Crippen molar-refractivity contribution in [2.45, 2.75) is 46.5 Å². The molecule has 0 N–H and O–H groups in total. The molecule has 0 saturated heterocycles. The molecule has 0 heterocycles. The molecule has 0 aliphatic carbocycles. The number of esters is 1. The maximum Gasteiger partial charge on any atom is 0.307 e. The topological polar surface area (TPSA) is 46.6 Å². The lowest BCUT2D eigenvalue weighted by Crippen LogP contribution is -2.33. The molecule has 0 saturated carbocycles. The second-order valence-electron chi connectivity index (χ2n) is 3.64. The fraction of sp³-hybridized carbons (Fsp3) is 0.833. The summed E-state index contributed by atoms with van der Waals surface area (Å²) in [6.07, 6.45) is 2.82. The average Bonchev–Trinajstić information content (AvgIpc) is 2.28. The normalized spacial score (nSPS) is 9.94. The molecule has 1 amide bonds. The van der Waals surface area contributed by atoms with Gasteiger partial charge in [0.1, 0.15) is 0 Å². The third kappa shape index (κ3) is 6.43. The minimum Gasteiger partial charge on any atom is -0.466 e. The first-order chi connectivity index (χ1) is 7.65. The van der Waals surface area contributed by atoms with Gasteiger partial charge in [0.05, 0.1) is 13.0 Å². The van der Waals surface area contributed by atoms with Crippen LogP contribution in [-0.2, 0) is 14.3 Å². The van der Waals surface area contributed by atoms with Crippen molar-refractivity contribution in [2.24, 2.45) is 0 Å². The molecule has 94 valence electrons. The van der Waals surface area contributed by atoms with Crippen molar-refractivity contribution < 1.29 is 14.3 Å². The summed E-state index contributed by atoms with van der Waals surface area (Å²) >= 11 is 0. The number of carbonyl (C=O) groups is 2. The maximum absolute atomic E-state index is 11.6. The quantitative estimate of drug-likeness (QED) is 0.598. The maximum atomic E-state index is 11.6. The molecule has 0 aromatic heterocycles. The van der Waals surface area contributed by atoms with Gasteiger partial charge < -0.3 is 9.64 Å². The number of amides is 1. The summed E-state index contributed by atoms with van der Waals surface area (Å²) in [5.41, 5.74) is 0. The van der Waals surface area contributed by atoms with E-state index < -0.39 is 0 Å². The Bertz CT molecular complexity index is 216. The highest BCUT2D eigenvalue weighted by atomic mass is 16.5. The summed E-state index contributed by atoms with van der Waals surface area (Å²) < 4.78 is 4.83. The minimum atomic E-state index is -0.229. The highest BCUT2D eigenvalue weighted by molar-refractivity contribution is 5.77. The molecule has 0 aliphatic heterocycles. The molecule has 0 aromatic carbocycles. The lowest BCUT2D eigenvalue weighted by atomic mass is 10.2. The number of ether oxygens (including phenoxy) is 1. The van der Waals surface area contributed by atoms with Crippen molar-refractivity contribution in [3.8, 4) is 0 Å². The molecule has 0 atom stereocenters. The third-order valence-electron chi connectivity index (χ3n) is 2.33. The van der Waals surface area contributed by atoms with Gasteiger partial charge in [-0.3, -0.25) is 9.59 Å². The van der Waals surface area contributed by atoms with Crippen LogP contribution in [0.4, 0.5) is 0 Å². The standard InChI is InChI=1S/C12H23NO3/c1-4-7-9-13(11(14)5-2)10-8-12(15)16-6-3/h4-10H2,1-3H3. The SMILES string of the molecule is CCCCN(CCC(=O)OCC)C(=O)CC. The average molecular weight is 229 g/mol. The van der Waals surface area contributed by atoms with E-state index in [1.54, 1.807) is 11.8 Å². The Hall–Kier alpha value is -1.06. The molecule has 0 radical (unpaired) electrons. The highest BCUT2D eigenvalue weighted by Gasteiger charge is 2.12. The van der Waals surface area contributed by atoms with Crippen molar-refractivity contribution in [2.75, 3.05) is 19.7 Å². The summed E-state index contributed by atoms with van der Waals surface area (Å²) in [4.78, 5) is 24.5. The molecule has 0 unspecified atom stereocenters. The van der Waals surface area contributed by atoms with Crippen LogP contribution in [0.15, 0.2) is 0 Å². The first kappa shape index (κ1) is 14.9. The van der Waals surface area contributed by atoms with E-state index in [0.717, 1.165) is 19.4 Å². The van der Waals surface area contributed by atoms with Gasteiger partial charge in [-0.1, -0.05) is 20.3 Å². The lowest BCUT2D eigenvalue weighted by Gasteiger charge is -2.21. The van der Waals surface area contributed by atoms with Crippen LogP contribution in [0, 0.1) is 0 Å². The molecule has 0 fully saturated rings. The van der Waals surface area contributed by atoms with Crippen molar-refractivity contribution in [3.63, 3.8) is 0 Å². The minimum absolute atomic E-state index is 0.109. The first-order valence-electron chi connectivity index (χ1n) is 6.09. The zero-order chi connectivity index (χ0) is 12.4. The van der Waals surface area contributed by atoms with Crippen LogP contribution in [0.3, 0.4) is 0 Å². The van der Waals surface area contributed by atoms with Gasteiger partial charge in [0, 0.05) is 19.5 Å².